The zero-order chi connectivity index (χ0) is 18.6. The Morgan fingerprint density at radius 1 is 1.27 bits per heavy atom. The molecular formula is C18H16ClN5O2. The summed E-state index contributed by atoms with van der Waals surface area (Å²) in [7, 11) is 0. The number of nitrogens with two attached hydrogens (primary N) is 1. The smallest absolute Gasteiger partial charge is 0.331 e. The van der Waals surface area contributed by atoms with Gasteiger partial charge in [0, 0.05) is 30.4 Å². The molecule has 1 aliphatic heterocycles. The molecule has 1 aromatic carbocycles. The quantitative estimate of drug-likeness (QED) is 0.478. The van der Waals surface area contributed by atoms with Crippen LogP contribution in [-0.4, -0.2) is 28.0 Å². The summed E-state index contributed by atoms with van der Waals surface area (Å²) in [6.07, 6.45) is 10.4. The molecule has 3 N–H and O–H groups in total. The Hall–Kier alpha value is -3.03. The van der Waals surface area contributed by atoms with Crippen LogP contribution in [-0.2, 0) is 0 Å². The molecule has 2 atom stereocenters. The lowest BCUT2D eigenvalue weighted by Crippen LogP contribution is -2.58. The summed E-state index contributed by atoms with van der Waals surface area (Å²) in [5.74, 6) is 0. The second kappa shape index (κ2) is 7.47. The maximum Gasteiger partial charge on any atom is 0.331 e. The summed E-state index contributed by atoms with van der Waals surface area (Å²) < 4.78 is 0. The molecule has 3 rings (SSSR count). The molecule has 0 fully saturated rings. The molecule has 0 spiro atoms. The number of aliphatic imine (C=N–C) groups is 1. The van der Waals surface area contributed by atoms with Gasteiger partial charge in [0.2, 0.25) is 6.17 Å². The van der Waals surface area contributed by atoms with E-state index in [2.05, 4.69) is 15.3 Å². The number of halogens is 1. The summed E-state index contributed by atoms with van der Waals surface area (Å²) in [4.78, 5) is 18.9. The standard InChI is InChI=1S/C18H16ClN5O2/c19-15-9-14(11-21-12-15)6-5-13-3-1-4-16(10-13)23-17-18(20,24(25)26)7-2-8-22-17/h1-12,17,23H,20H2/b6-5+. The van der Waals surface area contributed by atoms with Crippen LogP contribution in [0.1, 0.15) is 11.1 Å². The van der Waals surface area contributed by atoms with Crippen LogP contribution in [0.5, 0.6) is 0 Å². The van der Waals surface area contributed by atoms with Gasteiger partial charge in [-0.05, 0) is 35.4 Å². The normalized spacial score (nSPS) is 21.8. The highest BCUT2D eigenvalue weighted by molar-refractivity contribution is 6.30. The highest BCUT2D eigenvalue weighted by Crippen LogP contribution is 2.21. The van der Waals surface area contributed by atoms with Gasteiger partial charge in [0.1, 0.15) is 0 Å². The number of nitrogens with one attached hydrogen (secondary N) is 1. The highest BCUT2D eigenvalue weighted by Gasteiger charge is 2.45. The van der Waals surface area contributed by atoms with Crippen LogP contribution in [0, 0.1) is 10.1 Å². The molecule has 7 nitrogen and oxygen atoms in total. The molecule has 26 heavy (non-hydrogen) atoms. The van der Waals surface area contributed by atoms with Gasteiger partial charge in [0.15, 0.2) is 0 Å². The summed E-state index contributed by atoms with van der Waals surface area (Å²) in [5.41, 5.74) is 6.52. The number of anilines is 1. The number of benzene rings is 1. The van der Waals surface area contributed by atoms with E-state index in [9.17, 15) is 10.1 Å². The van der Waals surface area contributed by atoms with E-state index in [4.69, 9.17) is 17.3 Å². The molecule has 8 heteroatoms. The predicted octanol–water partition coefficient (Wildman–Crippen LogP) is 3.22. The van der Waals surface area contributed by atoms with Gasteiger partial charge in [-0.15, -0.1) is 0 Å². The van der Waals surface area contributed by atoms with E-state index < -0.39 is 16.8 Å². The largest absolute Gasteiger partial charge is 0.356 e. The molecule has 0 saturated heterocycles. The second-order valence-corrected chi connectivity index (χ2v) is 6.18. The number of nitro groups is 1. The zero-order valence-corrected chi connectivity index (χ0v) is 14.4. The first-order chi connectivity index (χ1) is 12.5. The average Bonchev–Trinajstić information content (AvgIpc) is 2.62. The molecule has 132 valence electrons. The van der Waals surface area contributed by atoms with Crippen molar-refractivity contribution in [3.05, 3.63) is 81.1 Å². The van der Waals surface area contributed by atoms with Gasteiger partial charge in [-0.3, -0.25) is 25.8 Å². The zero-order valence-electron chi connectivity index (χ0n) is 13.6. The third-order valence-corrected chi connectivity index (χ3v) is 4.03. The minimum atomic E-state index is -1.80. The van der Waals surface area contributed by atoms with Gasteiger partial charge < -0.3 is 5.32 Å². The second-order valence-electron chi connectivity index (χ2n) is 5.74. The summed E-state index contributed by atoms with van der Waals surface area (Å²) >= 11 is 5.92. The average molecular weight is 370 g/mol. The van der Waals surface area contributed by atoms with E-state index in [1.807, 2.05) is 30.4 Å². The van der Waals surface area contributed by atoms with Crippen LogP contribution in [0.4, 0.5) is 5.69 Å². The molecule has 0 amide bonds. The summed E-state index contributed by atoms with van der Waals surface area (Å²) in [5, 5.41) is 14.9. The molecule has 0 bridgehead atoms. The molecule has 1 aliphatic rings. The van der Waals surface area contributed by atoms with E-state index in [-0.39, 0.29) is 0 Å². The van der Waals surface area contributed by atoms with Crippen molar-refractivity contribution in [3.63, 3.8) is 0 Å². The van der Waals surface area contributed by atoms with Crippen molar-refractivity contribution in [3.8, 4) is 0 Å². The fraction of sp³-hybridized carbons (Fsp3) is 0.111. The van der Waals surface area contributed by atoms with Crippen molar-refractivity contribution in [2.75, 3.05) is 5.32 Å². The number of allylic oxidation sites excluding steroid dienone is 1. The number of nitrogens with zero attached hydrogens (tertiary/aromatic N) is 3. The summed E-state index contributed by atoms with van der Waals surface area (Å²) in [6, 6.07) is 9.20. The Morgan fingerprint density at radius 3 is 2.85 bits per heavy atom. The molecule has 2 heterocycles. The minimum absolute atomic E-state index is 0.548. The van der Waals surface area contributed by atoms with Crippen molar-refractivity contribution >= 4 is 35.7 Å². The maximum atomic E-state index is 11.3. The first-order valence-electron chi connectivity index (χ1n) is 7.77. The number of dihydropyridines is 1. The molecule has 2 unspecified atom stereocenters. The lowest BCUT2D eigenvalue weighted by atomic mass is 10.1. The Kier molecular flexibility index (Phi) is 5.11. The fourth-order valence-corrected chi connectivity index (χ4v) is 2.64. The van der Waals surface area contributed by atoms with Crippen molar-refractivity contribution in [2.45, 2.75) is 11.8 Å². The van der Waals surface area contributed by atoms with Crippen LogP contribution in [0.3, 0.4) is 0 Å². The van der Waals surface area contributed by atoms with E-state index in [0.717, 1.165) is 11.1 Å². The Balaban J connectivity index is 1.78. The molecule has 0 saturated carbocycles. The Morgan fingerprint density at radius 2 is 2.08 bits per heavy atom. The predicted molar refractivity (Wildman–Crippen MR) is 104 cm³/mol. The van der Waals surface area contributed by atoms with Crippen LogP contribution >= 0.6 is 11.6 Å². The highest BCUT2D eigenvalue weighted by atomic mass is 35.5. The van der Waals surface area contributed by atoms with E-state index in [0.29, 0.717) is 10.7 Å². The number of aromatic nitrogens is 1. The van der Waals surface area contributed by atoms with Crippen molar-refractivity contribution in [1.82, 2.24) is 4.98 Å². The number of hydrogen-bond acceptors (Lipinski definition) is 6. The van der Waals surface area contributed by atoms with Gasteiger partial charge in [0.25, 0.3) is 0 Å². The van der Waals surface area contributed by atoms with Crippen molar-refractivity contribution in [1.29, 1.82) is 0 Å². The number of pyridine rings is 1. The van der Waals surface area contributed by atoms with Gasteiger partial charge in [-0.25, -0.2) is 0 Å². The van der Waals surface area contributed by atoms with Gasteiger partial charge in [-0.1, -0.05) is 35.9 Å². The third kappa shape index (κ3) is 3.96. The van der Waals surface area contributed by atoms with Crippen LogP contribution < -0.4 is 11.1 Å². The molecule has 2 aromatic rings. The van der Waals surface area contributed by atoms with Gasteiger partial charge >= 0.3 is 5.66 Å². The van der Waals surface area contributed by atoms with Crippen molar-refractivity contribution < 1.29 is 4.92 Å². The lowest BCUT2D eigenvalue weighted by Gasteiger charge is -2.27. The van der Waals surface area contributed by atoms with Crippen LogP contribution in [0.15, 0.2) is 59.9 Å². The maximum absolute atomic E-state index is 11.3. The van der Waals surface area contributed by atoms with Gasteiger partial charge in [0.05, 0.1) is 9.95 Å². The van der Waals surface area contributed by atoms with Crippen LogP contribution in [0.2, 0.25) is 5.02 Å². The summed E-state index contributed by atoms with van der Waals surface area (Å²) in [6.45, 7) is 0. The molecule has 0 radical (unpaired) electrons. The first-order valence-corrected chi connectivity index (χ1v) is 8.15. The lowest BCUT2D eigenvalue weighted by molar-refractivity contribution is -0.556. The third-order valence-electron chi connectivity index (χ3n) is 3.82. The topological polar surface area (TPSA) is 106 Å². The molecule has 0 aliphatic carbocycles. The molecule has 1 aromatic heterocycles. The minimum Gasteiger partial charge on any atom is -0.356 e. The number of hydrogen-bond donors (Lipinski definition) is 2. The SMILES string of the molecule is NC1([N+](=O)[O-])C=CC=NC1Nc1cccc(/C=C/c2cncc(Cl)c2)c1. The van der Waals surface area contributed by atoms with Gasteiger partial charge in [-0.2, -0.15) is 0 Å². The Bertz CT molecular complexity index is 912. The molecular weight excluding hydrogens is 354 g/mol. The van der Waals surface area contributed by atoms with E-state index in [1.54, 1.807) is 24.5 Å². The Labute approximate surface area is 155 Å². The van der Waals surface area contributed by atoms with Crippen LogP contribution in [0.25, 0.3) is 12.2 Å². The monoisotopic (exact) mass is 369 g/mol. The fourth-order valence-electron chi connectivity index (χ4n) is 2.46. The van der Waals surface area contributed by atoms with E-state index in [1.165, 1.54) is 18.4 Å². The van der Waals surface area contributed by atoms with Crippen molar-refractivity contribution in [2.24, 2.45) is 10.7 Å². The first kappa shape index (κ1) is 17.8. The van der Waals surface area contributed by atoms with E-state index >= 15 is 0 Å². The number of rotatable bonds is 5.